The Hall–Kier alpha value is -1.06. The van der Waals surface area contributed by atoms with Crippen molar-refractivity contribution in [3.63, 3.8) is 0 Å². The summed E-state index contributed by atoms with van der Waals surface area (Å²) in [5.41, 5.74) is 1.31. The quantitative estimate of drug-likeness (QED) is 0.826. The predicted octanol–water partition coefficient (Wildman–Crippen LogP) is 1.37. The molecule has 0 saturated carbocycles. The van der Waals surface area contributed by atoms with Crippen molar-refractivity contribution in [3.05, 3.63) is 29.8 Å². The molecule has 2 bridgehead atoms. The second-order valence-electron chi connectivity index (χ2n) is 5.31. The third kappa shape index (κ3) is 2.61. The summed E-state index contributed by atoms with van der Waals surface area (Å²) in [6.45, 7) is 3.54. The second kappa shape index (κ2) is 4.67. The summed E-state index contributed by atoms with van der Waals surface area (Å²) < 4.78 is 0. The summed E-state index contributed by atoms with van der Waals surface area (Å²) in [4.78, 5) is 2.58. The second-order valence-corrected chi connectivity index (χ2v) is 5.31. The van der Waals surface area contributed by atoms with Gasteiger partial charge in [-0.15, -0.1) is 0 Å². The van der Waals surface area contributed by atoms with Gasteiger partial charge in [-0.3, -0.25) is 4.90 Å². The van der Waals surface area contributed by atoms with E-state index in [1.807, 2.05) is 12.1 Å². The molecule has 2 fully saturated rings. The normalized spacial score (nSPS) is 28.5. The Morgan fingerprint density at radius 2 is 1.76 bits per heavy atom. The lowest BCUT2D eigenvalue weighted by atomic mass is 10.1. The van der Waals surface area contributed by atoms with Crippen LogP contribution in [0.2, 0.25) is 0 Å². The van der Waals surface area contributed by atoms with Crippen molar-refractivity contribution in [2.45, 2.75) is 31.3 Å². The Bertz CT molecular complexity index is 364. The van der Waals surface area contributed by atoms with Crippen LogP contribution in [-0.4, -0.2) is 41.7 Å². The van der Waals surface area contributed by atoms with E-state index in [1.165, 1.54) is 31.5 Å². The average Bonchev–Trinajstić information content (AvgIpc) is 2.68. The number of hydrogen-bond donors (Lipinski definition) is 2. The third-order valence-electron chi connectivity index (χ3n) is 3.95. The topological polar surface area (TPSA) is 35.5 Å². The lowest BCUT2D eigenvalue weighted by molar-refractivity contribution is 0.198. The van der Waals surface area contributed by atoms with Crippen LogP contribution in [-0.2, 0) is 6.42 Å². The number of fused-ring (bicyclic) bond motifs is 2. The first-order chi connectivity index (χ1) is 8.29. The molecular formula is C14H20N2O. The van der Waals surface area contributed by atoms with Gasteiger partial charge >= 0.3 is 0 Å². The van der Waals surface area contributed by atoms with E-state index in [0.717, 1.165) is 25.0 Å². The van der Waals surface area contributed by atoms with E-state index < -0.39 is 0 Å². The molecule has 2 aliphatic rings. The fraction of sp³-hybridized carbons (Fsp3) is 0.571. The fourth-order valence-corrected chi connectivity index (χ4v) is 3.02. The molecule has 3 heteroatoms. The van der Waals surface area contributed by atoms with Crippen molar-refractivity contribution in [2.24, 2.45) is 0 Å². The first kappa shape index (κ1) is 11.1. The Kier molecular flexibility index (Phi) is 3.04. The number of rotatable bonds is 3. The van der Waals surface area contributed by atoms with Gasteiger partial charge in [0.05, 0.1) is 0 Å². The van der Waals surface area contributed by atoms with Crippen LogP contribution >= 0.6 is 0 Å². The minimum absolute atomic E-state index is 0.356. The number of aromatic hydroxyl groups is 1. The summed E-state index contributed by atoms with van der Waals surface area (Å²) in [5.74, 6) is 0.356. The van der Waals surface area contributed by atoms with Crippen LogP contribution in [0.25, 0.3) is 0 Å². The van der Waals surface area contributed by atoms with Gasteiger partial charge in [-0.1, -0.05) is 12.1 Å². The Morgan fingerprint density at radius 3 is 2.41 bits per heavy atom. The summed E-state index contributed by atoms with van der Waals surface area (Å²) in [5, 5.41) is 12.9. The van der Waals surface area contributed by atoms with Gasteiger partial charge in [-0.05, 0) is 37.0 Å². The van der Waals surface area contributed by atoms with Gasteiger partial charge in [0.25, 0.3) is 0 Å². The van der Waals surface area contributed by atoms with Crippen LogP contribution in [0.1, 0.15) is 18.4 Å². The van der Waals surface area contributed by atoms with Gasteiger partial charge in [-0.25, -0.2) is 0 Å². The molecule has 0 radical (unpaired) electrons. The number of hydrogen-bond acceptors (Lipinski definition) is 3. The van der Waals surface area contributed by atoms with Crippen molar-refractivity contribution in [3.8, 4) is 5.75 Å². The van der Waals surface area contributed by atoms with Gasteiger partial charge in [-0.2, -0.15) is 0 Å². The number of nitrogens with zero attached hydrogens (tertiary/aromatic N) is 1. The fourth-order valence-electron chi connectivity index (χ4n) is 3.02. The molecule has 1 aromatic rings. The van der Waals surface area contributed by atoms with Gasteiger partial charge in [0.15, 0.2) is 0 Å². The highest BCUT2D eigenvalue weighted by atomic mass is 16.3. The van der Waals surface area contributed by atoms with E-state index in [-0.39, 0.29) is 0 Å². The molecular weight excluding hydrogens is 212 g/mol. The molecule has 2 aliphatic heterocycles. The smallest absolute Gasteiger partial charge is 0.115 e. The standard InChI is InChI=1S/C14H20N2O/c17-14-5-1-11(2-6-14)7-8-16-9-12-3-4-13(10-16)15-12/h1-2,5-6,12-13,15,17H,3-4,7-10H2/t12-,13+. The molecule has 3 rings (SSSR count). The van der Waals surface area contributed by atoms with E-state index in [2.05, 4.69) is 10.2 Å². The molecule has 2 N–H and O–H groups in total. The van der Waals surface area contributed by atoms with Crippen LogP contribution in [0.4, 0.5) is 0 Å². The zero-order valence-corrected chi connectivity index (χ0v) is 10.1. The lowest BCUT2D eigenvalue weighted by Gasteiger charge is -2.32. The van der Waals surface area contributed by atoms with Gasteiger partial charge < -0.3 is 10.4 Å². The Balaban J connectivity index is 1.52. The van der Waals surface area contributed by atoms with E-state index >= 15 is 0 Å². The molecule has 2 atom stereocenters. The molecule has 92 valence electrons. The minimum Gasteiger partial charge on any atom is -0.508 e. The SMILES string of the molecule is Oc1ccc(CCN2C[C@H]3CC[C@@H](C2)N3)cc1. The van der Waals surface area contributed by atoms with Crippen LogP contribution in [0.15, 0.2) is 24.3 Å². The van der Waals surface area contributed by atoms with E-state index in [0.29, 0.717) is 5.75 Å². The number of phenolic OH excluding ortho intramolecular Hbond substituents is 1. The average molecular weight is 232 g/mol. The highest BCUT2D eigenvalue weighted by Crippen LogP contribution is 2.20. The highest BCUT2D eigenvalue weighted by molar-refractivity contribution is 5.26. The number of likely N-dealkylation sites (tertiary alicyclic amines) is 1. The summed E-state index contributed by atoms with van der Waals surface area (Å²) in [7, 11) is 0. The van der Waals surface area contributed by atoms with Crippen molar-refractivity contribution in [1.82, 2.24) is 10.2 Å². The zero-order valence-electron chi connectivity index (χ0n) is 10.1. The molecule has 0 spiro atoms. The summed E-state index contributed by atoms with van der Waals surface area (Å²) in [6.07, 6.45) is 3.78. The van der Waals surface area contributed by atoms with Crippen molar-refractivity contribution in [1.29, 1.82) is 0 Å². The maximum absolute atomic E-state index is 9.23. The van der Waals surface area contributed by atoms with E-state index in [1.54, 1.807) is 12.1 Å². The molecule has 17 heavy (non-hydrogen) atoms. The molecule has 0 unspecified atom stereocenters. The molecule has 2 heterocycles. The number of phenols is 1. The van der Waals surface area contributed by atoms with E-state index in [9.17, 15) is 5.11 Å². The molecule has 0 amide bonds. The highest BCUT2D eigenvalue weighted by Gasteiger charge is 2.31. The molecule has 0 aliphatic carbocycles. The number of benzene rings is 1. The summed E-state index contributed by atoms with van der Waals surface area (Å²) >= 11 is 0. The first-order valence-corrected chi connectivity index (χ1v) is 6.56. The molecule has 3 nitrogen and oxygen atoms in total. The van der Waals surface area contributed by atoms with E-state index in [4.69, 9.17) is 0 Å². The molecule has 1 aromatic carbocycles. The monoisotopic (exact) mass is 232 g/mol. The zero-order chi connectivity index (χ0) is 11.7. The molecule has 0 aromatic heterocycles. The van der Waals surface area contributed by atoms with Crippen LogP contribution in [0.5, 0.6) is 5.75 Å². The van der Waals surface area contributed by atoms with Crippen molar-refractivity contribution >= 4 is 0 Å². The van der Waals surface area contributed by atoms with Gasteiger partial charge in [0, 0.05) is 31.7 Å². The van der Waals surface area contributed by atoms with Gasteiger partial charge in [0.2, 0.25) is 0 Å². The third-order valence-corrected chi connectivity index (χ3v) is 3.95. The predicted molar refractivity (Wildman–Crippen MR) is 68.2 cm³/mol. The van der Waals surface area contributed by atoms with Crippen molar-refractivity contribution in [2.75, 3.05) is 19.6 Å². The van der Waals surface area contributed by atoms with Gasteiger partial charge in [0.1, 0.15) is 5.75 Å². The number of piperazine rings is 1. The Morgan fingerprint density at radius 1 is 1.12 bits per heavy atom. The van der Waals surface area contributed by atoms with Crippen LogP contribution in [0.3, 0.4) is 0 Å². The molecule has 2 saturated heterocycles. The maximum Gasteiger partial charge on any atom is 0.115 e. The maximum atomic E-state index is 9.23. The summed E-state index contributed by atoms with van der Waals surface area (Å²) in [6, 6.07) is 9.05. The first-order valence-electron chi connectivity index (χ1n) is 6.56. The lowest BCUT2D eigenvalue weighted by Crippen LogP contribution is -2.51. The van der Waals surface area contributed by atoms with Crippen LogP contribution in [0, 0.1) is 0 Å². The number of nitrogens with one attached hydrogen (secondary N) is 1. The van der Waals surface area contributed by atoms with Crippen molar-refractivity contribution < 1.29 is 5.11 Å². The largest absolute Gasteiger partial charge is 0.508 e. The van der Waals surface area contributed by atoms with Crippen LogP contribution < -0.4 is 5.32 Å². The Labute approximate surface area is 102 Å². The minimum atomic E-state index is 0.356.